The number of carbonyl (C=O) groups is 4. The summed E-state index contributed by atoms with van der Waals surface area (Å²) < 4.78 is 0. The van der Waals surface area contributed by atoms with Gasteiger partial charge in [-0.1, -0.05) is 96.0 Å². The SMILES string of the molecule is O=C1C(c2ccccc2)=CC(=O)C2(c3ccccc3)C1CC1C(=CCC3C(=O)N(c4ccc(Cl)cc4)C(=O)C31)C2c1cccc(O)c1. The van der Waals surface area contributed by atoms with Crippen molar-refractivity contribution in [1.82, 2.24) is 0 Å². The number of Topliss-reactive ketones (excluding diaryl/α,β-unsaturated/α-hetero) is 1. The maximum absolute atomic E-state index is 15.0. The highest BCUT2D eigenvalue weighted by Gasteiger charge is 2.66. The van der Waals surface area contributed by atoms with E-state index in [2.05, 4.69) is 0 Å². The minimum absolute atomic E-state index is 0.0369. The second-order valence-electron chi connectivity index (χ2n) is 12.9. The normalized spacial score (nSPS) is 28.3. The zero-order valence-electron chi connectivity index (χ0n) is 25.3. The van der Waals surface area contributed by atoms with E-state index >= 15 is 0 Å². The van der Waals surface area contributed by atoms with E-state index in [0.29, 0.717) is 39.4 Å². The quantitative estimate of drug-likeness (QED) is 0.190. The number of nitrogens with zero attached hydrogens (tertiary/aromatic N) is 1. The number of phenols is 1. The van der Waals surface area contributed by atoms with Gasteiger partial charge >= 0.3 is 0 Å². The highest BCUT2D eigenvalue weighted by Crippen LogP contribution is 2.63. The van der Waals surface area contributed by atoms with E-state index < -0.39 is 35.0 Å². The molecule has 1 saturated heterocycles. The van der Waals surface area contributed by atoms with E-state index in [1.807, 2.05) is 72.8 Å². The largest absolute Gasteiger partial charge is 0.508 e. The lowest BCUT2D eigenvalue weighted by Crippen LogP contribution is -2.58. The Morgan fingerprint density at radius 2 is 1.47 bits per heavy atom. The number of hydrogen-bond donors (Lipinski definition) is 1. The first kappa shape index (κ1) is 29.3. The molecule has 2 amide bonds. The predicted octanol–water partition coefficient (Wildman–Crippen LogP) is 7.07. The van der Waals surface area contributed by atoms with E-state index in [4.69, 9.17) is 11.6 Å². The molecule has 232 valence electrons. The van der Waals surface area contributed by atoms with Gasteiger partial charge in [0, 0.05) is 22.4 Å². The van der Waals surface area contributed by atoms with Gasteiger partial charge in [0.25, 0.3) is 0 Å². The van der Waals surface area contributed by atoms with Gasteiger partial charge in [0.2, 0.25) is 11.8 Å². The van der Waals surface area contributed by atoms with Crippen LogP contribution in [0.4, 0.5) is 5.69 Å². The van der Waals surface area contributed by atoms with Crippen LogP contribution in [0.5, 0.6) is 5.75 Å². The predicted molar refractivity (Wildman–Crippen MR) is 179 cm³/mol. The van der Waals surface area contributed by atoms with Crippen LogP contribution in [0.3, 0.4) is 0 Å². The van der Waals surface area contributed by atoms with Crippen LogP contribution in [-0.2, 0) is 24.6 Å². The average Bonchev–Trinajstić information content (AvgIpc) is 3.35. The molecule has 8 rings (SSSR count). The molecule has 0 bridgehead atoms. The second-order valence-corrected chi connectivity index (χ2v) is 13.3. The van der Waals surface area contributed by atoms with Crippen LogP contribution in [0.1, 0.15) is 35.4 Å². The topological polar surface area (TPSA) is 91.8 Å². The molecule has 0 aromatic heterocycles. The van der Waals surface area contributed by atoms with Crippen molar-refractivity contribution in [2.24, 2.45) is 23.7 Å². The van der Waals surface area contributed by atoms with E-state index in [-0.39, 0.29) is 35.6 Å². The monoisotopic (exact) mass is 639 g/mol. The Kier molecular flexibility index (Phi) is 6.88. The number of phenolic OH excluding ortho intramolecular Hbond substituents is 1. The molecule has 7 heteroatoms. The average molecular weight is 640 g/mol. The summed E-state index contributed by atoms with van der Waals surface area (Å²) in [6.45, 7) is 0. The number of amides is 2. The van der Waals surface area contributed by atoms with E-state index in [1.54, 1.807) is 42.5 Å². The van der Waals surface area contributed by atoms with E-state index in [9.17, 15) is 24.3 Å². The summed E-state index contributed by atoms with van der Waals surface area (Å²) in [7, 11) is 0. The summed E-state index contributed by atoms with van der Waals surface area (Å²) in [5.41, 5.74) is 2.37. The highest BCUT2D eigenvalue weighted by atomic mass is 35.5. The smallest absolute Gasteiger partial charge is 0.238 e. The first-order chi connectivity index (χ1) is 22.8. The van der Waals surface area contributed by atoms with Crippen molar-refractivity contribution in [3.8, 4) is 5.75 Å². The number of ketones is 2. The third-order valence-corrected chi connectivity index (χ3v) is 10.9. The molecule has 0 spiro atoms. The summed E-state index contributed by atoms with van der Waals surface area (Å²) in [5.74, 6) is -4.21. The number of fused-ring (bicyclic) bond motifs is 4. The lowest BCUT2D eigenvalue weighted by molar-refractivity contribution is -0.135. The van der Waals surface area contributed by atoms with Gasteiger partial charge in [-0.05, 0) is 77.9 Å². The number of allylic oxidation sites excluding steroid dienone is 4. The molecule has 0 radical (unpaired) electrons. The summed E-state index contributed by atoms with van der Waals surface area (Å²) in [6.07, 6.45) is 4.06. The van der Waals surface area contributed by atoms with Gasteiger partial charge in [0.05, 0.1) is 22.9 Å². The number of rotatable bonds is 4. The Balaban J connectivity index is 1.35. The third kappa shape index (κ3) is 4.31. The van der Waals surface area contributed by atoms with Gasteiger partial charge < -0.3 is 5.11 Å². The van der Waals surface area contributed by atoms with Gasteiger partial charge in [0.15, 0.2) is 11.6 Å². The Morgan fingerprint density at radius 1 is 0.766 bits per heavy atom. The van der Waals surface area contributed by atoms with Crippen LogP contribution in [0, 0.1) is 23.7 Å². The van der Waals surface area contributed by atoms with Crippen molar-refractivity contribution in [2.45, 2.75) is 24.2 Å². The van der Waals surface area contributed by atoms with Crippen molar-refractivity contribution >= 4 is 46.2 Å². The van der Waals surface area contributed by atoms with Crippen molar-refractivity contribution in [2.75, 3.05) is 4.90 Å². The number of benzene rings is 4. The highest BCUT2D eigenvalue weighted by molar-refractivity contribution is 6.32. The van der Waals surface area contributed by atoms with Crippen LogP contribution in [0.15, 0.2) is 127 Å². The van der Waals surface area contributed by atoms with Crippen molar-refractivity contribution in [3.63, 3.8) is 0 Å². The fraction of sp³-hybridized carbons (Fsp3) is 0.200. The summed E-state index contributed by atoms with van der Waals surface area (Å²) in [4.78, 5) is 59.4. The van der Waals surface area contributed by atoms with Crippen LogP contribution >= 0.6 is 11.6 Å². The van der Waals surface area contributed by atoms with Crippen LogP contribution < -0.4 is 4.90 Å². The molecule has 1 aliphatic heterocycles. The molecule has 6 unspecified atom stereocenters. The third-order valence-electron chi connectivity index (χ3n) is 10.7. The first-order valence-corrected chi connectivity index (χ1v) is 16.2. The number of hydrogen-bond acceptors (Lipinski definition) is 5. The minimum Gasteiger partial charge on any atom is -0.508 e. The Morgan fingerprint density at radius 3 is 2.17 bits per heavy atom. The second kappa shape index (κ2) is 11.0. The molecule has 3 aliphatic carbocycles. The zero-order valence-corrected chi connectivity index (χ0v) is 26.0. The Labute approximate surface area is 277 Å². The molecule has 1 saturated carbocycles. The molecule has 1 heterocycles. The first-order valence-electron chi connectivity index (χ1n) is 15.8. The molecule has 6 atom stereocenters. The number of carbonyl (C=O) groups excluding carboxylic acids is 4. The van der Waals surface area contributed by atoms with Crippen molar-refractivity contribution in [3.05, 3.63) is 149 Å². The Bertz CT molecular complexity index is 2020. The summed E-state index contributed by atoms with van der Waals surface area (Å²) in [5, 5.41) is 11.2. The maximum Gasteiger partial charge on any atom is 0.238 e. The molecule has 4 aliphatic rings. The zero-order chi connectivity index (χ0) is 32.4. The van der Waals surface area contributed by atoms with Crippen molar-refractivity contribution < 1.29 is 24.3 Å². The van der Waals surface area contributed by atoms with Gasteiger partial charge in [-0.2, -0.15) is 0 Å². The fourth-order valence-corrected chi connectivity index (χ4v) is 8.92. The van der Waals surface area contributed by atoms with Crippen LogP contribution in [0.2, 0.25) is 5.02 Å². The molecule has 2 fully saturated rings. The number of halogens is 1. The lowest BCUT2D eigenvalue weighted by Gasteiger charge is -2.55. The summed E-state index contributed by atoms with van der Waals surface area (Å²) >= 11 is 6.12. The van der Waals surface area contributed by atoms with Crippen LogP contribution in [-0.4, -0.2) is 28.5 Å². The van der Waals surface area contributed by atoms with Gasteiger partial charge in [-0.25, -0.2) is 0 Å². The molecule has 4 aromatic carbocycles. The Hall–Kier alpha value is -5.07. The molecule has 47 heavy (non-hydrogen) atoms. The van der Waals surface area contributed by atoms with Gasteiger partial charge in [-0.15, -0.1) is 0 Å². The van der Waals surface area contributed by atoms with Gasteiger partial charge in [-0.3, -0.25) is 24.1 Å². The standard InChI is InChI=1S/C40H30ClNO5/c41-26-14-16-27(17-15-26)42-38(46)30-19-18-29-32(35(30)39(42)47)21-33-37(45)31(23-8-3-1-4-9-23)22-34(44)40(33,25-11-5-2-6-12-25)36(29)24-10-7-13-28(43)20-24/h1-18,20,22,30,32-33,35-36,43H,19,21H2. The summed E-state index contributed by atoms with van der Waals surface area (Å²) in [6, 6.07) is 32.1. The lowest BCUT2D eigenvalue weighted by atomic mass is 9.44. The molecular formula is C40H30ClNO5. The van der Waals surface area contributed by atoms with E-state index in [0.717, 1.165) is 5.57 Å². The van der Waals surface area contributed by atoms with E-state index in [1.165, 1.54) is 11.0 Å². The maximum atomic E-state index is 15.0. The molecule has 6 nitrogen and oxygen atoms in total. The minimum atomic E-state index is -1.33. The van der Waals surface area contributed by atoms with Gasteiger partial charge in [0.1, 0.15) is 5.75 Å². The number of imide groups is 1. The molecule has 1 N–H and O–H groups in total. The van der Waals surface area contributed by atoms with Crippen molar-refractivity contribution in [1.29, 1.82) is 0 Å². The molecular weight excluding hydrogens is 610 g/mol. The fourth-order valence-electron chi connectivity index (χ4n) is 8.80. The molecule has 4 aromatic rings. The van der Waals surface area contributed by atoms with Crippen LogP contribution in [0.25, 0.3) is 5.57 Å². The number of anilines is 1. The number of aromatic hydroxyl groups is 1.